The number of piperidine rings is 2. The summed E-state index contributed by atoms with van der Waals surface area (Å²) in [6.07, 6.45) is 5.66. The van der Waals surface area contributed by atoms with Crippen molar-refractivity contribution in [1.29, 1.82) is 0 Å². The van der Waals surface area contributed by atoms with Crippen LogP contribution in [0.2, 0.25) is 5.02 Å². The number of halogens is 2. The summed E-state index contributed by atoms with van der Waals surface area (Å²) in [5, 5.41) is 20.4. The molecule has 3 saturated heterocycles. The lowest BCUT2D eigenvalue weighted by Crippen LogP contribution is -2.58. The van der Waals surface area contributed by atoms with E-state index in [1.807, 2.05) is 24.3 Å². The molecule has 3 aliphatic rings. The molecule has 3 aromatic carbocycles. The van der Waals surface area contributed by atoms with E-state index >= 15 is 4.39 Å². The van der Waals surface area contributed by atoms with Gasteiger partial charge in [-0.05, 0) is 74.3 Å². The molecule has 9 heteroatoms. The molecule has 0 amide bonds. The number of anilines is 2. The molecule has 3 N–H and O–H groups in total. The van der Waals surface area contributed by atoms with E-state index in [2.05, 4.69) is 34.5 Å². The molecule has 4 heterocycles. The van der Waals surface area contributed by atoms with Crippen molar-refractivity contribution in [1.82, 2.24) is 20.2 Å². The van der Waals surface area contributed by atoms with Crippen molar-refractivity contribution in [3.05, 3.63) is 53.3 Å². The maximum atomic E-state index is 16.7. The highest BCUT2D eigenvalue weighted by molar-refractivity contribution is 6.35. The van der Waals surface area contributed by atoms with Gasteiger partial charge in [0.25, 0.3) is 0 Å². The van der Waals surface area contributed by atoms with Gasteiger partial charge in [-0.3, -0.25) is 0 Å². The number of likely N-dealkylation sites (N-methyl/N-ethyl adjacent to an activating group) is 1. The molecule has 0 radical (unpaired) electrons. The number of nitrogens with one attached hydrogen (secondary N) is 2. The number of nitrogens with zero attached hydrogens (tertiary/aromatic N) is 4. The fraction of sp³-hybridized carbons (Fsp3) is 0.419. The molecule has 0 saturated carbocycles. The van der Waals surface area contributed by atoms with Crippen LogP contribution in [0.4, 0.5) is 16.2 Å². The Kier molecular flexibility index (Phi) is 6.45. The normalized spacial score (nSPS) is 23.1. The first kappa shape index (κ1) is 25.7. The van der Waals surface area contributed by atoms with E-state index in [0.717, 1.165) is 36.7 Å². The molecule has 208 valence electrons. The van der Waals surface area contributed by atoms with E-state index in [1.54, 1.807) is 18.2 Å². The van der Waals surface area contributed by atoms with Crippen LogP contribution in [0.3, 0.4) is 0 Å². The second kappa shape index (κ2) is 10.0. The van der Waals surface area contributed by atoms with E-state index < -0.39 is 5.82 Å². The number of fused-ring (bicyclic) bond motifs is 4. The van der Waals surface area contributed by atoms with Gasteiger partial charge in [-0.1, -0.05) is 42.3 Å². The van der Waals surface area contributed by atoms with Crippen molar-refractivity contribution >= 4 is 45.0 Å². The molecule has 0 spiro atoms. The predicted molar refractivity (Wildman–Crippen MR) is 160 cm³/mol. The van der Waals surface area contributed by atoms with Crippen molar-refractivity contribution in [3.8, 4) is 16.9 Å². The molecular formula is C31H34ClFN6O. The second-order valence-corrected chi connectivity index (χ2v) is 12.3. The maximum Gasteiger partial charge on any atom is 0.228 e. The van der Waals surface area contributed by atoms with Gasteiger partial charge >= 0.3 is 0 Å². The number of hydrogen-bond donors (Lipinski definition) is 3. The minimum Gasteiger partial charge on any atom is -0.508 e. The number of rotatable bonds is 5. The highest BCUT2D eigenvalue weighted by atomic mass is 35.5. The van der Waals surface area contributed by atoms with Gasteiger partial charge in [-0.2, -0.15) is 4.98 Å². The lowest BCUT2D eigenvalue weighted by atomic mass is 9.84. The summed E-state index contributed by atoms with van der Waals surface area (Å²) in [5.41, 5.74) is 1.02. The molecular weight excluding hydrogens is 527 g/mol. The summed E-state index contributed by atoms with van der Waals surface area (Å²) < 4.78 is 16.7. The lowest BCUT2D eigenvalue weighted by Gasteiger charge is -2.43. The molecule has 7 nitrogen and oxygen atoms in total. The Bertz CT molecular complexity index is 1590. The second-order valence-electron chi connectivity index (χ2n) is 11.9. The van der Waals surface area contributed by atoms with Crippen molar-refractivity contribution in [2.24, 2.45) is 0 Å². The molecule has 0 aliphatic carbocycles. The van der Waals surface area contributed by atoms with Crippen molar-refractivity contribution < 1.29 is 9.50 Å². The fourth-order valence-electron chi connectivity index (χ4n) is 6.71. The molecule has 3 fully saturated rings. The van der Waals surface area contributed by atoms with Crippen LogP contribution in [-0.2, 0) is 0 Å². The summed E-state index contributed by atoms with van der Waals surface area (Å²) in [5.74, 6) is 0.708. The number of aromatic nitrogens is 2. The first-order valence-corrected chi connectivity index (χ1v) is 14.6. The first-order valence-electron chi connectivity index (χ1n) is 14.2. The average Bonchev–Trinajstić information content (AvgIpc) is 2.88. The van der Waals surface area contributed by atoms with Gasteiger partial charge in [-0.25, -0.2) is 9.37 Å². The standard InChI is InChI=1S/C31H34ClFN6O/c1-38(2)21-15-39(16-21)31-36-29-25(30(37-31)35-20-11-18-7-5-8-19(12-20)34-18)14-26(32)27(28(29)33)24-13-22(40)10-17-6-3-4-9-23(17)24/h3-4,6,9-10,13-14,18-21,34,40H,5,7-8,11-12,15-16H2,1-2H3,(H,35,36,37). The van der Waals surface area contributed by atoms with Gasteiger partial charge in [0.05, 0.1) is 5.02 Å². The minimum absolute atomic E-state index is 0.0572. The smallest absolute Gasteiger partial charge is 0.228 e. The summed E-state index contributed by atoms with van der Waals surface area (Å²) in [6.45, 7) is 1.57. The van der Waals surface area contributed by atoms with E-state index in [1.165, 1.54) is 19.3 Å². The van der Waals surface area contributed by atoms with Crippen LogP contribution in [0.5, 0.6) is 5.75 Å². The van der Waals surface area contributed by atoms with Crippen LogP contribution >= 0.6 is 11.6 Å². The van der Waals surface area contributed by atoms with Crippen LogP contribution in [0, 0.1) is 5.82 Å². The maximum absolute atomic E-state index is 16.7. The molecule has 3 aliphatic heterocycles. The van der Waals surface area contributed by atoms with Crippen LogP contribution in [0.15, 0.2) is 42.5 Å². The average molecular weight is 561 g/mol. The Balaban J connectivity index is 1.36. The number of phenolic OH excluding ortho intramolecular Hbond substituents is 1. The number of phenols is 1. The van der Waals surface area contributed by atoms with Gasteiger partial charge < -0.3 is 25.5 Å². The molecule has 2 unspecified atom stereocenters. The Morgan fingerprint density at radius 2 is 1.80 bits per heavy atom. The fourth-order valence-corrected chi connectivity index (χ4v) is 7.00. The van der Waals surface area contributed by atoms with Gasteiger partial charge in [0.1, 0.15) is 17.1 Å². The Morgan fingerprint density at radius 3 is 2.55 bits per heavy atom. The third-order valence-electron chi connectivity index (χ3n) is 8.92. The minimum atomic E-state index is -0.503. The van der Waals surface area contributed by atoms with Crippen molar-refractivity contribution in [2.75, 3.05) is 37.4 Å². The first-order chi connectivity index (χ1) is 19.3. The Morgan fingerprint density at radius 1 is 1.05 bits per heavy atom. The van der Waals surface area contributed by atoms with Gasteiger partial charge in [-0.15, -0.1) is 0 Å². The van der Waals surface area contributed by atoms with Gasteiger partial charge in [0.2, 0.25) is 5.95 Å². The quantitative estimate of drug-likeness (QED) is 0.285. The molecule has 40 heavy (non-hydrogen) atoms. The highest BCUT2D eigenvalue weighted by Crippen LogP contribution is 2.42. The van der Waals surface area contributed by atoms with Crippen LogP contribution in [-0.4, -0.2) is 71.3 Å². The Hall–Kier alpha value is -3.20. The molecule has 1 aromatic heterocycles. The van der Waals surface area contributed by atoms with E-state index in [-0.39, 0.29) is 27.9 Å². The number of hydrogen-bond acceptors (Lipinski definition) is 7. The van der Waals surface area contributed by atoms with Gasteiger partial charge in [0, 0.05) is 48.2 Å². The van der Waals surface area contributed by atoms with Crippen LogP contribution < -0.4 is 15.5 Å². The van der Waals surface area contributed by atoms with E-state index in [4.69, 9.17) is 21.6 Å². The summed E-state index contributed by atoms with van der Waals surface area (Å²) in [7, 11) is 4.13. The largest absolute Gasteiger partial charge is 0.508 e. The third kappa shape index (κ3) is 4.52. The predicted octanol–water partition coefficient (Wildman–Crippen LogP) is 5.78. The Labute approximate surface area is 238 Å². The van der Waals surface area contributed by atoms with Crippen molar-refractivity contribution in [2.45, 2.75) is 56.3 Å². The van der Waals surface area contributed by atoms with Crippen molar-refractivity contribution in [3.63, 3.8) is 0 Å². The molecule has 2 atom stereocenters. The van der Waals surface area contributed by atoms with E-state index in [9.17, 15) is 5.11 Å². The zero-order valence-electron chi connectivity index (χ0n) is 22.8. The number of benzene rings is 3. The molecule has 4 aromatic rings. The summed E-state index contributed by atoms with van der Waals surface area (Å²) in [4.78, 5) is 14.0. The topological polar surface area (TPSA) is 76.5 Å². The third-order valence-corrected chi connectivity index (χ3v) is 9.22. The zero-order valence-corrected chi connectivity index (χ0v) is 23.5. The summed E-state index contributed by atoms with van der Waals surface area (Å²) >= 11 is 6.85. The summed E-state index contributed by atoms with van der Waals surface area (Å²) in [6, 6.07) is 14.3. The van der Waals surface area contributed by atoms with Gasteiger partial charge in [0.15, 0.2) is 5.82 Å². The lowest BCUT2D eigenvalue weighted by molar-refractivity contribution is 0.230. The molecule has 2 bridgehead atoms. The zero-order chi connectivity index (χ0) is 27.5. The highest BCUT2D eigenvalue weighted by Gasteiger charge is 2.34. The SMILES string of the molecule is CN(C)C1CN(c2nc(NC3CC4CCCC(C3)N4)c3cc(Cl)c(-c4cc(O)cc5ccccc45)c(F)c3n2)C1. The van der Waals surface area contributed by atoms with Crippen LogP contribution in [0.25, 0.3) is 32.8 Å². The van der Waals surface area contributed by atoms with E-state index in [0.29, 0.717) is 40.8 Å². The number of aromatic hydroxyl groups is 1. The van der Waals surface area contributed by atoms with Crippen LogP contribution in [0.1, 0.15) is 32.1 Å². The monoisotopic (exact) mass is 560 g/mol. The molecule has 7 rings (SSSR count).